The van der Waals surface area contributed by atoms with Crippen molar-refractivity contribution in [1.29, 1.82) is 0 Å². The normalized spacial score (nSPS) is 13.3. The van der Waals surface area contributed by atoms with Gasteiger partial charge in [-0.2, -0.15) is 20.1 Å². The van der Waals surface area contributed by atoms with Crippen LogP contribution in [0.25, 0.3) is 21.9 Å². The molecule has 14 heteroatoms. The monoisotopic (exact) mass is 595 g/mol. The molecule has 0 radical (unpaired) electrons. The molecule has 222 valence electrons. The third-order valence-electron chi connectivity index (χ3n) is 6.85. The number of hydrogen-bond acceptors (Lipinski definition) is 12. The first-order valence-corrected chi connectivity index (χ1v) is 13.6. The van der Waals surface area contributed by atoms with Gasteiger partial charge < -0.3 is 19.7 Å². The number of nitro benzene ring substituents is 1. The topological polar surface area (TPSA) is 153 Å². The zero-order chi connectivity index (χ0) is 30.5. The minimum atomic E-state index is -0.474. The SMILES string of the molecule is COc1ccc2c(F)ccc(-c3cncc(/C=N/Nc4nc(Nc5cccc([N+](=O)[O-])c5)nc(N5CCOCC5)n4)c3)c2c1. The van der Waals surface area contributed by atoms with Crippen LogP contribution in [-0.4, -0.2) is 64.5 Å². The van der Waals surface area contributed by atoms with Crippen LogP contribution in [0.3, 0.4) is 0 Å². The van der Waals surface area contributed by atoms with Gasteiger partial charge >= 0.3 is 0 Å². The Morgan fingerprint density at radius 2 is 1.86 bits per heavy atom. The van der Waals surface area contributed by atoms with E-state index in [1.54, 1.807) is 62.1 Å². The fourth-order valence-electron chi connectivity index (χ4n) is 4.71. The number of halogens is 1. The van der Waals surface area contributed by atoms with Gasteiger partial charge in [0, 0.05) is 59.8 Å². The number of aromatic nitrogens is 4. The summed E-state index contributed by atoms with van der Waals surface area (Å²) in [6.07, 6.45) is 4.90. The summed E-state index contributed by atoms with van der Waals surface area (Å²) in [5.74, 6) is 1.03. The lowest BCUT2D eigenvalue weighted by atomic mass is 9.98. The molecule has 1 aliphatic rings. The number of methoxy groups -OCH3 is 1. The summed E-state index contributed by atoms with van der Waals surface area (Å²) in [6.45, 7) is 2.23. The third-order valence-corrected chi connectivity index (χ3v) is 6.85. The minimum absolute atomic E-state index is 0.0657. The summed E-state index contributed by atoms with van der Waals surface area (Å²) in [4.78, 5) is 30.5. The molecule has 0 saturated carbocycles. The van der Waals surface area contributed by atoms with Crippen LogP contribution in [0.2, 0.25) is 0 Å². The fourth-order valence-corrected chi connectivity index (χ4v) is 4.71. The van der Waals surface area contributed by atoms with Gasteiger partial charge in [-0.3, -0.25) is 15.1 Å². The smallest absolute Gasteiger partial charge is 0.271 e. The zero-order valence-corrected chi connectivity index (χ0v) is 23.5. The highest BCUT2D eigenvalue weighted by Gasteiger charge is 2.17. The number of nitro groups is 1. The molecule has 2 aromatic heterocycles. The van der Waals surface area contributed by atoms with E-state index in [0.717, 1.165) is 11.1 Å². The molecule has 3 heterocycles. The van der Waals surface area contributed by atoms with Gasteiger partial charge in [-0.05, 0) is 47.3 Å². The summed E-state index contributed by atoms with van der Waals surface area (Å²) in [5.41, 5.74) is 5.46. The van der Waals surface area contributed by atoms with Crippen LogP contribution in [0.4, 0.5) is 33.6 Å². The van der Waals surface area contributed by atoms with Gasteiger partial charge in [0.2, 0.25) is 17.8 Å². The molecule has 1 saturated heterocycles. The van der Waals surface area contributed by atoms with E-state index in [-0.39, 0.29) is 23.4 Å². The number of fused-ring (bicyclic) bond motifs is 1. The highest BCUT2D eigenvalue weighted by molar-refractivity contribution is 5.98. The van der Waals surface area contributed by atoms with Crippen LogP contribution >= 0.6 is 0 Å². The second-order valence-electron chi connectivity index (χ2n) is 9.70. The minimum Gasteiger partial charge on any atom is -0.497 e. The van der Waals surface area contributed by atoms with Crippen molar-refractivity contribution >= 4 is 46.2 Å². The van der Waals surface area contributed by atoms with Gasteiger partial charge in [0.25, 0.3) is 5.69 Å². The van der Waals surface area contributed by atoms with Gasteiger partial charge in [-0.25, -0.2) is 9.82 Å². The van der Waals surface area contributed by atoms with E-state index in [9.17, 15) is 14.5 Å². The van der Waals surface area contributed by atoms with Crippen molar-refractivity contribution in [2.45, 2.75) is 0 Å². The number of hydrogen-bond donors (Lipinski definition) is 2. The maximum atomic E-state index is 14.5. The lowest BCUT2D eigenvalue weighted by Crippen LogP contribution is -2.37. The molecule has 1 aliphatic heterocycles. The number of benzene rings is 3. The van der Waals surface area contributed by atoms with Crippen molar-refractivity contribution in [3.8, 4) is 16.9 Å². The Kier molecular flexibility index (Phi) is 8.14. The number of pyridine rings is 1. The molecule has 1 fully saturated rings. The van der Waals surface area contributed by atoms with Crippen molar-refractivity contribution in [3.05, 3.63) is 94.6 Å². The molecule has 0 bridgehead atoms. The van der Waals surface area contributed by atoms with Gasteiger partial charge in [-0.1, -0.05) is 12.1 Å². The van der Waals surface area contributed by atoms with Crippen molar-refractivity contribution in [2.75, 3.05) is 49.1 Å². The summed E-state index contributed by atoms with van der Waals surface area (Å²) in [7, 11) is 1.56. The van der Waals surface area contributed by atoms with Gasteiger partial charge in [0.05, 0.1) is 31.5 Å². The summed E-state index contributed by atoms with van der Waals surface area (Å²) >= 11 is 0. The number of nitrogens with zero attached hydrogens (tertiary/aromatic N) is 7. The van der Waals surface area contributed by atoms with E-state index < -0.39 is 4.92 Å². The first kappa shape index (κ1) is 28.4. The van der Waals surface area contributed by atoms with Crippen LogP contribution in [0.15, 0.2) is 78.2 Å². The quantitative estimate of drug-likeness (QED) is 0.132. The van der Waals surface area contributed by atoms with E-state index in [1.165, 1.54) is 18.2 Å². The van der Waals surface area contributed by atoms with Crippen molar-refractivity contribution < 1.29 is 18.8 Å². The predicted octanol–water partition coefficient (Wildman–Crippen LogP) is 5.17. The van der Waals surface area contributed by atoms with Crippen LogP contribution in [0.5, 0.6) is 5.75 Å². The van der Waals surface area contributed by atoms with Gasteiger partial charge in [0.1, 0.15) is 11.6 Å². The highest BCUT2D eigenvalue weighted by Crippen LogP contribution is 2.33. The first-order valence-electron chi connectivity index (χ1n) is 13.6. The molecule has 3 aromatic carbocycles. The van der Waals surface area contributed by atoms with Crippen molar-refractivity contribution in [1.82, 2.24) is 19.9 Å². The van der Waals surface area contributed by atoms with Gasteiger partial charge in [-0.15, -0.1) is 0 Å². The molecular formula is C30H26FN9O4. The molecule has 0 atom stereocenters. The van der Waals surface area contributed by atoms with Gasteiger partial charge in [0.15, 0.2) is 0 Å². The highest BCUT2D eigenvalue weighted by atomic mass is 19.1. The molecule has 2 N–H and O–H groups in total. The maximum Gasteiger partial charge on any atom is 0.271 e. The number of nitrogens with one attached hydrogen (secondary N) is 2. The Bertz CT molecular complexity index is 1860. The largest absolute Gasteiger partial charge is 0.497 e. The Hall–Kier alpha value is -5.76. The number of anilines is 4. The molecule has 0 unspecified atom stereocenters. The summed E-state index contributed by atoms with van der Waals surface area (Å²) in [6, 6.07) is 16.3. The number of hydrazone groups is 1. The zero-order valence-electron chi connectivity index (χ0n) is 23.5. The van der Waals surface area contributed by atoms with E-state index in [1.807, 2.05) is 11.0 Å². The molecule has 0 spiro atoms. The molecular weight excluding hydrogens is 569 g/mol. The molecule has 5 aromatic rings. The summed E-state index contributed by atoms with van der Waals surface area (Å²) < 4.78 is 25.3. The Morgan fingerprint density at radius 3 is 2.68 bits per heavy atom. The predicted molar refractivity (Wildman–Crippen MR) is 164 cm³/mol. The second-order valence-corrected chi connectivity index (χ2v) is 9.70. The van der Waals surface area contributed by atoms with E-state index >= 15 is 0 Å². The fraction of sp³-hybridized carbons (Fsp3) is 0.167. The van der Waals surface area contributed by atoms with E-state index in [4.69, 9.17) is 9.47 Å². The molecule has 0 amide bonds. The molecule has 44 heavy (non-hydrogen) atoms. The average Bonchev–Trinajstić information content (AvgIpc) is 3.05. The average molecular weight is 596 g/mol. The molecule has 0 aliphatic carbocycles. The standard InChI is InChI=1S/C30H26FN9O4/c1-43-23-5-6-25-26(15-23)24(7-8-27(25)31)20-13-19(16-32-18-20)17-33-38-29-35-28(34-21-3-2-4-22(14-21)40(41)42)36-30(37-29)39-9-11-44-12-10-39/h2-8,13-18H,9-12H2,1H3,(H2,34,35,36,37,38)/b33-17+. The molecule has 6 rings (SSSR count). The molecule has 13 nitrogen and oxygen atoms in total. The van der Waals surface area contributed by atoms with Crippen molar-refractivity contribution in [3.63, 3.8) is 0 Å². The van der Waals surface area contributed by atoms with Crippen LogP contribution in [0.1, 0.15) is 5.56 Å². The Morgan fingerprint density at radius 1 is 1.02 bits per heavy atom. The maximum absolute atomic E-state index is 14.5. The Labute approximate surface area is 250 Å². The van der Waals surface area contributed by atoms with Crippen LogP contribution in [-0.2, 0) is 4.74 Å². The van der Waals surface area contributed by atoms with Crippen LogP contribution in [0, 0.1) is 15.9 Å². The van der Waals surface area contributed by atoms with E-state index in [2.05, 4.69) is 35.8 Å². The lowest BCUT2D eigenvalue weighted by molar-refractivity contribution is -0.384. The third kappa shape index (κ3) is 6.34. The number of non-ortho nitro benzene ring substituents is 1. The Balaban J connectivity index is 1.26. The number of rotatable bonds is 9. The van der Waals surface area contributed by atoms with E-state index in [0.29, 0.717) is 60.0 Å². The van der Waals surface area contributed by atoms with Crippen molar-refractivity contribution in [2.24, 2.45) is 5.10 Å². The van der Waals surface area contributed by atoms with Crippen LogP contribution < -0.4 is 20.4 Å². The first-order chi connectivity index (χ1) is 21.5. The summed E-state index contributed by atoms with van der Waals surface area (Å²) in [5, 5.41) is 19.7. The second kappa shape index (κ2) is 12.6. The number of morpholine rings is 1. The lowest BCUT2D eigenvalue weighted by Gasteiger charge is -2.27. The number of ether oxygens (including phenoxy) is 2.